The summed E-state index contributed by atoms with van der Waals surface area (Å²) in [5.74, 6) is 0.557. The normalized spacial score (nSPS) is 20.2. The van der Waals surface area contributed by atoms with Crippen LogP contribution in [0, 0.1) is 0 Å². The van der Waals surface area contributed by atoms with Crippen LogP contribution < -0.4 is 10.1 Å². The van der Waals surface area contributed by atoms with Gasteiger partial charge in [-0.3, -0.25) is 0 Å². The fourth-order valence-electron chi connectivity index (χ4n) is 2.08. The van der Waals surface area contributed by atoms with Crippen molar-refractivity contribution in [3.63, 3.8) is 0 Å². The molecule has 1 unspecified atom stereocenters. The number of nitrogens with zero attached hydrogens (tertiary/aromatic N) is 2. The van der Waals surface area contributed by atoms with Crippen molar-refractivity contribution >= 4 is 11.6 Å². The Morgan fingerprint density at radius 3 is 3.18 bits per heavy atom. The number of halogens is 1. The molecular weight excluding hydrogens is 238 g/mol. The van der Waals surface area contributed by atoms with Crippen LogP contribution in [-0.2, 0) is 0 Å². The van der Waals surface area contributed by atoms with Crippen molar-refractivity contribution in [3.05, 3.63) is 17.5 Å². The lowest BCUT2D eigenvalue weighted by Crippen LogP contribution is -2.34. The van der Waals surface area contributed by atoms with Gasteiger partial charge >= 0.3 is 0 Å². The molecule has 0 radical (unpaired) electrons. The van der Waals surface area contributed by atoms with E-state index in [-0.39, 0.29) is 5.28 Å². The molecule has 0 aromatic carbocycles. The topological polar surface area (TPSA) is 47.0 Å². The Kier molecular flexibility index (Phi) is 5.01. The third kappa shape index (κ3) is 4.48. The first-order chi connectivity index (χ1) is 8.34. The van der Waals surface area contributed by atoms with Gasteiger partial charge in [-0.15, -0.1) is 0 Å². The van der Waals surface area contributed by atoms with E-state index in [1.807, 2.05) is 0 Å². The Labute approximate surface area is 107 Å². The Morgan fingerprint density at radius 1 is 1.47 bits per heavy atom. The molecule has 5 heteroatoms. The fraction of sp³-hybridized carbons (Fsp3) is 0.667. The van der Waals surface area contributed by atoms with Crippen molar-refractivity contribution in [2.75, 3.05) is 13.2 Å². The van der Waals surface area contributed by atoms with Crippen molar-refractivity contribution in [1.29, 1.82) is 0 Å². The van der Waals surface area contributed by atoms with Crippen LogP contribution in [0.3, 0.4) is 0 Å². The first-order valence-corrected chi connectivity index (χ1v) is 6.57. The summed E-state index contributed by atoms with van der Waals surface area (Å²) in [6, 6.07) is 2.39. The van der Waals surface area contributed by atoms with E-state index < -0.39 is 0 Å². The van der Waals surface area contributed by atoms with Gasteiger partial charge in [0.1, 0.15) is 0 Å². The second-order valence-corrected chi connectivity index (χ2v) is 4.64. The van der Waals surface area contributed by atoms with Crippen LogP contribution in [-0.4, -0.2) is 29.2 Å². The fourth-order valence-corrected chi connectivity index (χ4v) is 2.22. The summed E-state index contributed by atoms with van der Waals surface area (Å²) in [6.45, 7) is 1.85. The minimum Gasteiger partial charge on any atom is -0.478 e. The molecule has 2 heterocycles. The van der Waals surface area contributed by atoms with E-state index in [2.05, 4.69) is 15.3 Å². The van der Waals surface area contributed by atoms with Gasteiger partial charge in [0, 0.05) is 18.3 Å². The van der Waals surface area contributed by atoms with E-state index in [0.717, 1.165) is 13.0 Å². The third-order valence-electron chi connectivity index (χ3n) is 2.96. The minimum atomic E-state index is 0.233. The van der Waals surface area contributed by atoms with Gasteiger partial charge in [0.2, 0.25) is 11.2 Å². The highest BCUT2D eigenvalue weighted by Crippen LogP contribution is 2.13. The Hall–Kier alpha value is -0.870. The molecule has 1 atom stereocenters. The minimum absolute atomic E-state index is 0.233. The average molecular weight is 256 g/mol. The number of hydrogen-bond donors (Lipinski definition) is 1. The molecule has 0 amide bonds. The standard InChI is InChI=1S/C12H18ClN3O/c13-12-15-8-6-11(16-12)17-9-3-5-10-4-1-2-7-14-10/h6,8,10,14H,1-5,7,9H2. The van der Waals surface area contributed by atoms with Gasteiger partial charge in [-0.2, -0.15) is 4.98 Å². The predicted octanol–water partition coefficient (Wildman–Crippen LogP) is 2.43. The summed E-state index contributed by atoms with van der Waals surface area (Å²) in [5, 5.41) is 3.76. The van der Waals surface area contributed by atoms with E-state index in [4.69, 9.17) is 16.3 Å². The third-order valence-corrected chi connectivity index (χ3v) is 3.14. The maximum Gasteiger partial charge on any atom is 0.225 e. The van der Waals surface area contributed by atoms with Gasteiger partial charge in [0.25, 0.3) is 0 Å². The van der Waals surface area contributed by atoms with Crippen LogP contribution in [0.25, 0.3) is 0 Å². The molecule has 4 nitrogen and oxygen atoms in total. The molecule has 0 aliphatic carbocycles. The Morgan fingerprint density at radius 2 is 2.41 bits per heavy atom. The Bertz CT molecular complexity index is 342. The lowest BCUT2D eigenvalue weighted by molar-refractivity contribution is 0.276. The van der Waals surface area contributed by atoms with Gasteiger partial charge in [-0.1, -0.05) is 6.42 Å². The number of ether oxygens (including phenoxy) is 1. The van der Waals surface area contributed by atoms with Crippen molar-refractivity contribution in [2.45, 2.75) is 38.1 Å². The molecule has 2 rings (SSSR count). The summed E-state index contributed by atoms with van der Waals surface area (Å²) in [7, 11) is 0. The van der Waals surface area contributed by atoms with E-state index in [0.29, 0.717) is 18.5 Å². The second kappa shape index (κ2) is 6.77. The molecule has 0 saturated carbocycles. The molecule has 1 aromatic heterocycles. The predicted molar refractivity (Wildman–Crippen MR) is 67.4 cm³/mol. The Balaban J connectivity index is 1.62. The van der Waals surface area contributed by atoms with Gasteiger partial charge < -0.3 is 10.1 Å². The maximum atomic E-state index is 5.67. The van der Waals surface area contributed by atoms with E-state index >= 15 is 0 Å². The van der Waals surface area contributed by atoms with Gasteiger partial charge in [0.05, 0.1) is 6.61 Å². The van der Waals surface area contributed by atoms with E-state index in [1.165, 1.54) is 25.7 Å². The summed E-state index contributed by atoms with van der Waals surface area (Å²) in [6.07, 6.45) is 7.76. The van der Waals surface area contributed by atoms with Crippen LogP contribution >= 0.6 is 11.6 Å². The molecule has 17 heavy (non-hydrogen) atoms. The molecule has 0 spiro atoms. The van der Waals surface area contributed by atoms with Crippen molar-refractivity contribution in [1.82, 2.24) is 15.3 Å². The molecule has 0 bridgehead atoms. The lowest BCUT2D eigenvalue weighted by atomic mass is 10.0. The first kappa shape index (κ1) is 12.6. The monoisotopic (exact) mass is 255 g/mol. The van der Waals surface area contributed by atoms with Crippen LogP contribution in [0.4, 0.5) is 0 Å². The highest BCUT2D eigenvalue weighted by molar-refractivity contribution is 6.28. The number of rotatable bonds is 5. The quantitative estimate of drug-likeness (QED) is 0.649. The summed E-state index contributed by atoms with van der Waals surface area (Å²) in [5.41, 5.74) is 0. The highest BCUT2D eigenvalue weighted by atomic mass is 35.5. The lowest BCUT2D eigenvalue weighted by Gasteiger charge is -2.23. The van der Waals surface area contributed by atoms with E-state index in [1.54, 1.807) is 12.3 Å². The average Bonchev–Trinajstić information content (AvgIpc) is 2.36. The summed E-state index contributed by atoms with van der Waals surface area (Å²) >= 11 is 5.67. The largest absolute Gasteiger partial charge is 0.478 e. The van der Waals surface area contributed by atoms with Crippen molar-refractivity contribution < 1.29 is 4.74 Å². The zero-order valence-corrected chi connectivity index (χ0v) is 10.6. The first-order valence-electron chi connectivity index (χ1n) is 6.19. The number of aromatic nitrogens is 2. The van der Waals surface area contributed by atoms with Crippen molar-refractivity contribution in [2.24, 2.45) is 0 Å². The second-order valence-electron chi connectivity index (χ2n) is 4.30. The zero-order chi connectivity index (χ0) is 11.9. The molecule has 1 N–H and O–H groups in total. The molecule has 1 fully saturated rings. The van der Waals surface area contributed by atoms with Crippen LogP contribution in [0.5, 0.6) is 5.88 Å². The molecule has 94 valence electrons. The van der Waals surface area contributed by atoms with Crippen LogP contribution in [0.2, 0.25) is 5.28 Å². The molecule has 1 aromatic rings. The summed E-state index contributed by atoms with van der Waals surface area (Å²) < 4.78 is 5.51. The van der Waals surface area contributed by atoms with Crippen LogP contribution in [0.1, 0.15) is 32.1 Å². The van der Waals surface area contributed by atoms with Gasteiger partial charge in [-0.05, 0) is 43.8 Å². The van der Waals surface area contributed by atoms with Gasteiger partial charge in [0.15, 0.2) is 0 Å². The smallest absolute Gasteiger partial charge is 0.225 e. The number of nitrogens with one attached hydrogen (secondary N) is 1. The highest BCUT2D eigenvalue weighted by Gasteiger charge is 2.11. The van der Waals surface area contributed by atoms with Crippen LogP contribution in [0.15, 0.2) is 12.3 Å². The van der Waals surface area contributed by atoms with Crippen molar-refractivity contribution in [3.8, 4) is 5.88 Å². The molecule has 1 aliphatic rings. The number of piperidine rings is 1. The molecular formula is C12H18ClN3O. The molecule has 1 aliphatic heterocycles. The maximum absolute atomic E-state index is 5.67. The van der Waals surface area contributed by atoms with E-state index in [9.17, 15) is 0 Å². The van der Waals surface area contributed by atoms with Gasteiger partial charge in [-0.25, -0.2) is 4.98 Å². The zero-order valence-electron chi connectivity index (χ0n) is 9.86. The SMILES string of the molecule is Clc1nccc(OCCCC2CCCCN2)n1. The molecule has 1 saturated heterocycles. The number of hydrogen-bond acceptors (Lipinski definition) is 4. The summed E-state index contributed by atoms with van der Waals surface area (Å²) in [4.78, 5) is 7.78.